The van der Waals surface area contributed by atoms with Crippen molar-refractivity contribution in [2.75, 3.05) is 13.1 Å². The predicted octanol–water partition coefficient (Wildman–Crippen LogP) is -1.40. The van der Waals surface area contributed by atoms with Crippen molar-refractivity contribution >= 4 is 17.7 Å². The Labute approximate surface area is 87.8 Å². The highest BCUT2D eigenvalue weighted by molar-refractivity contribution is 6.02. The number of likely N-dealkylation sites (tertiary alicyclic amines) is 1. The van der Waals surface area contributed by atoms with Crippen molar-refractivity contribution in [3.05, 3.63) is 0 Å². The molecule has 1 fully saturated rings. The molecule has 15 heavy (non-hydrogen) atoms. The Bertz CT molecular complexity index is 274. The van der Waals surface area contributed by atoms with Crippen molar-refractivity contribution in [3.8, 4) is 0 Å². The minimum atomic E-state index is -0.652. The maximum Gasteiger partial charge on any atom is 0.236 e. The Hall–Kier alpha value is -1.43. The van der Waals surface area contributed by atoms with Crippen molar-refractivity contribution in [3.63, 3.8) is 0 Å². The largest absolute Gasteiger partial charge is 0.368 e. The fourth-order valence-electron chi connectivity index (χ4n) is 1.51. The SMILES string of the molecule is CCNC(CN1C(=O)CCC1=O)C(N)=O. The average Bonchev–Trinajstić information content (AvgIpc) is 2.48. The van der Waals surface area contributed by atoms with Gasteiger partial charge in [-0.05, 0) is 6.54 Å². The van der Waals surface area contributed by atoms with E-state index in [1.807, 2.05) is 6.92 Å². The number of amides is 3. The van der Waals surface area contributed by atoms with Crippen molar-refractivity contribution in [1.82, 2.24) is 10.2 Å². The summed E-state index contributed by atoms with van der Waals surface area (Å²) in [5.74, 6) is -1.02. The van der Waals surface area contributed by atoms with Crippen LogP contribution in [0, 0.1) is 0 Å². The smallest absolute Gasteiger partial charge is 0.236 e. The summed E-state index contributed by atoms with van der Waals surface area (Å²) in [5.41, 5.74) is 5.14. The van der Waals surface area contributed by atoms with Gasteiger partial charge in [-0.3, -0.25) is 19.3 Å². The van der Waals surface area contributed by atoms with Gasteiger partial charge in [-0.25, -0.2) is 0 Å². The third kappa shape index (κ3) is 2.76. The van der Waals surface area contributed by atoms with Gasteiger partial charge in [0.25, 0.3) is 0 Å². The number of carbonyl (C=O) groups is 3. The Balaban J connectivity index is 2.60. The molecule has 1 aliphatic heterocycles. The van der Waals surface area contributed by atoms with E-state index in [0.29, 0.717) is 6.54 Å². The number of nitrogens with zero attached hydrogens (tertiary/aromatic N) is 1. The lowest BCUT2D eigenvalue weighted by atomic mass is 10.2. The van der Waals surface area contributed by atoms with E-state index >= 15 is 0 Å². The van der Waals surface area contributed by atoms with Crippen LogP contribution in [0.25, 0.3) is 0 Å². The third-order valence-electron chi connectivity index (χ3n) is 2.31. The van der Waals surface area contributed by atoms with Crippen LogP contribution >= 0.6 is 0 Å². The van der Waals surface area contributed by atoms with Crippen LogP contribution in [0.2, 0.25) is 0 Å². The van der Waals surface area contributed by atoms with Gasteiger partial charge in [-0.15, -0.1) is 0 Å². The number of hydrogen-bond acceptors (Lipinski definition) is 4. The van der Waals surface area contributed by atoms with E-state index in [4.69, 9.17) is 5.73 Å². The topological polar surface area (TPSA) is 92.5 Å². The Morgan fingerprint density at radius 3 is 2.40 bits per heavy atom. The van der Waals surface area contributed by atoms with Crippen LogP contribution in [0.4, 0.5) is 0 Å². The zero-order chi connectivity index (χ0) is 11.4. The maximum absolute atomic E-state index is 11.3. The molecule has 0 aromatic rings. The minimum Gasteiger partial charge on any atom is -0.368 e. The van der Waals surface area contributed by atoms with Crippen LogP contribution in [-0.2, 0) is 14.4 Å². The molecule has 6 heteroatoms. The lowest BCUT2D eigenvalue weighted by Crippen LogP contribution is -2.50. The fraction of sp³-hybridized carbons (Fsp3) is 0.667. The molecule has 1 rings (SSSR count). The monoisotopic (exact) mass is 213 g/mol. The molecular formula is C9H15N3O3. The van der Waals surface area contributed by atoms with Crippen LogP contribution < -0.4 is 11.1 Å². The highest BCUT2D eigenvalue weighted by Crippen LogP contribution is 2.11. The van der Waals surface area contributed by atoms with E-state index < -0.39 is 11.9 Å². The molecule has 0 aliphatic carbocycles. The predicted molar refractivity (Wildman–Crippen MR) is 52.6 cm³/mol. The molecule has 84 valence electrons. The lowest BCUT2D eigenvalue weighted by Gasteiger charge is -2.20. The van der Waals surface area contributed by atoms with Crippen molar-refractivity contribution in [2.45, 2.75) is 25.8 Å². The summed E-state index contributed by atoms with van der Waals surface area (Å²) in [5, 5.41) is 2.83. The molecule has 0 radical (unpaired) electrons. The lowest BCUT2D eigenvalue weighted by molar-refractivity contribution is -0.139. The molecule has 0 aromatic heterocycles. The average molecular weight is 213 g/mol. The van der Waals surface area contributed by atoms with Crippen molar-refractivity contribution in [2.24, 2.45) is 5.73 Å². The van der Waals surface area contributed by atoms with E-state index in [1.54, 1.807) is 0 Å². The quantitative estimate of drug-likeness (QED) is 0.549. The zero-order valence-corrected chi connectivity index (χ0v) is 8.66. The standard InChI is InChI=1S/C9H15N3O3/c1-2-11-6(9(10)15)5-12-7(13)3-4-8(12)14/h6,11H,2-5H2,1H3,(H2,10,15). The highest BCUT2D eigenvalue weighted by atomic mass is 16.2. The first-order chi connectivity index (χ1) is 7.06. The summed E-state index contributed by atoms with van der Waals surface area (Å²) in [6, 6.07) is -0.652. The van der Waals surface area contributed by atoms with Gasteiger partial charge in [0.2, 0.25) is 17.7 Å². The van der Waals surface area contributed by atoms with Gasteiger partial charge in [-0.1, -0.05) is 6.92 Å². The molecule has 0 bridgehead atoms. The Morgan fingerprint density at radius 1 is 1.47 bits per heavy atom. The van der Waals surface area contributed by atoms with Gasteiger partial charge in [-0.2, -0.15) is 0 Å². The van der Waals surface area contributed by atoms with Gasteiger partial charge < -0.3 is 11.1 Å². The molecule has 0 aromatic carbocycles. The van der Waals surface area contributed by atoms with Gasteiger partial charge in [0.05, 0.1) is 6.54 Å². The second-order valence-electron chi connectivity index (χ2n) is 3.41. The van der Waals surface area contributed by atoms with Crippen molar-refractivity contribution < 1.29 is 14.4 Å². The molecule has 1 heterocycles. The first-order valence-electron chi connectivity index (χ1n) is 4.92. The van der Waals surface area contributed by atoms with Crippen LogP contribution in [-0.4, -0.2) is 41.8 Å². The summed E-state index contributed by atoms with van der Waals surface area (Å²) in [7, 11) is 0. The summed E-state index contributed by atoms with van der Waals surface area (Å²) in [6.45, 7) is 2.42. The third-order valence-corrected chi connectivity index (χ3v) is 2.31. The van der Waals surface area contributed by atoms with Crippen molar-refractivity contribution in [1.29, 1.82) is 0 Å². The minimum absolute atomic E-state index is 0.0425. The van der Waals surface area contributed by atoms with Gasteiger partial charge in [0, 0.05) is 12.8 Å². The normalized spacial score (nSPS) is 18.3. The summed E-state index contributed by atoms with van der Waals surface area (Å²) >= 11 is 0. The van der Waals surface area contributed by atoms with E-state index in [0.717, 1.165) is 4.90 Å². The van der Waals surface area contributed by atoms with Crippen LogP contribution in [0.1, 0.15) is 19.8 Å². The Kier molecular flexibility index (Phi) is 3.79. The first-order valence-corrected chi connectivity index (χ1v) is 4.92. The second kappa shape index (κ2) is 4.88. The summed E-state index contributed by atoms with van der Waals surface area (Å²) < 4.78 is 0. The molecule has 6 nitrogen and oxygen atoms in total. The second-order valence-corrected chi connectivity index (χ2v) is 3.41. The fourth-order valence-corrected chi connectivity index (χ4v) is 1.51. The van der Waals surface area contributed by atoms with Gasteiger partial charge in [0.15, 0.2) is 0 Å². The molecular weight excluding hydrogens is 198 g/mol. The molecule has 1 atom stereocenters. The number of rotatable bonds is 5. The molecule has 0 spiro atoms. The van der Waals surface area contributed by atoms with Gasteiger partial charge in [0.1, 0.15) is 6.04 Å². The number of likely N-dealkylation sites (N-methyl/N-ethyl adjacent to an activating group) is 1. The number of carbonyl (C=O) groups excluding carboxylic acids is 3. The van der Waals surface area contributed by atoms with Crippen LogP contribution in [0.3, 0.4) is 0 Å². The number of hydrogen-bond donors (Lipinski definition) is 2. The van der Waals surface area contributed by atoms with E-state index in [2.05, 4.69) is 5.32 Å². The molecule has 1 aliphatic rings. The highest BCUT2D eigenvalue weighted by Gasteiger charge is 2.31. The van der Waals surface area contributed by atoms with E-state index in [-0.39, 0.29) is 31.2 Å². The number of primary amides is 1. The van der Waals surface area contributed by atoms with E-state index in [9.17, 15) is 14.4 Å². The summed E-state index contributed by atoms with van der Waals surface area (Å²) in [6.07, 6.45) is 0.465. The molecule has 1 saturated heterocycles. The van der Waals surface area contributed by atoms with E-state index in [1.165, 1.54) is 0 Å². The number of nitrogens with one attached hydrogen (secondary N) is 1. The molecule has 3 N–H and O–H groups in total. The molecule has 3 amide bonds. The molecule has 0 saturated carbocycles. The first kappa shape index (κ1) is 11.6. The maximum atomic E-state index is 11.3. The molecule has 1 unspecified atom stereocenters. The van der Waals surface area contributed by atoms with Crippen LogP contribution in [0.15, 0.2) is 0 Å². The number of imide groups is 1. The zero-order valence-electron chi connectivity index (χ0n) is 8.66. The Morgan fingerprint density at radius 2 is 2.00 bits per heavy atom. The number of nitrogens with two attached hydrogens (primary N) is 1. The van der Waals surface area contributed by atoms with Gasteiger partial charge >= 0.3 is 0 Å². The summed E-state index contributed by atoms with van der Waals surface area (Å²) in [4.78, 5) is 34.6. The van der Waals surface area contributed by atoms with Crippen LogP contribution in [0.5, 0.6) is 0 Å².